The number of fused-ring (bicyclic) bond motifs is 1. The van der Waals surface area contributed by atoms with Gasteiger partial charge < -0.3 is 14.0 Å². The number of hydrogen-bond donors (Lipinski definition) is 1. The summed E-state index contributed by atoms with van der Waals surface area (Å²) in [5, 5.41) is 15.3. The van der Waals surface area contributed by atoms with E-state index in [1.165, 1.54) is 17.0 Å². The largest absolute Gasteiger partial charge is 0.391 e. The van der Waals surface area contributed by atoms with Gasteiger partial charge in [0, 0.05) is 32.0 Å². The lowest BCUT2D eigenvalue weighted by Gasteiger charge is -2.35. The molecule has 0 aliphatic carbocycles. The van der Waals surface area contributed by atoms with Gasteiger partial charge in [0.2, 0.25) is 15.9 Å². The number of sulfonamides is 1. The highest BCUT2D eigenvalue weighted by molar-refractivity contribution is 7.89. The summed E-state index contributed by atoms with van der Waals surface area (Å²) in [7, 11) is -3.99. The molecule has 1 aliphatic heterocycles. The Balaban J connectivity index is 1.67. The van der Waals surface area contributed by atoms with Gasteiger partial charge >= 0.3 is 6.18 Å². The number of carbonyl (C=O) groups is 1. The molecule has 8 nitrogen and oxygen atoms in total. The van der Waals surface area contributed by atoms with E-state index in [2.05, 4.69) is 6.07 Å². The van der Waals surface area contributed by atoms with E-state index >= 15 is 0 Å². The molecular weight excluding hydrogens is 483 g/mol. The van der Waals surface area contributed by atoms with Crippen LogP contribution >= 0.6 is 0 Å². The predicted octanol–water partition coefficient (Wildman–Crippen LogP) is 3.39. The summed E-state index contributed by atoms with van der Waals surface area (Å²) in [6.07, 6.45) is -1.02. The van der Waals surface area contributed by atoms with Gasteiger partial charge in [-0.1, -0.05) is 6.07 Å². The molecule has 4 rings (SSSR count). The van der Waals surface area contributed by atoms with Gasteiger partial charge in [0.15, 0.2) is 0 Å². The van der Waals surface area contributed by atoms with Crippen LogP contribution in [0.1, 0.15) is 31.0 Å². The van der Waals surface area contributed by atoms with Crippen molar-refractivity contribution in [2.75, 3.05) is 13.1 Å². The summed E-state index contributed by atoms with van der Waals surface area (Å²) < 4.78 is 66.5. The van der Waals surface area contributed by atoms with E-state index in [1.54, 1.807) is 45.8 Å². The minimum Gasteiger partial charge on any atom is -0.341 e. The lowest BCUT2D eigenvalue weighted by Crippen LogP contribution is -2.45. The third-order valence-electron chi connectivity index (χ3n) is 6.50. The first kappa shape index (κ1) is 24.8. The van der Waals surface area contributed by atoms with Crippen molar-refractivity contribution in [3.05, 3.63) is 54.5 Å². The maximum atomic E-state index is 13.6. The van der Waals surface area contributed by atoms with E-state index in [0.717, 1.165) is 0 Å². The van der Waals surface area contributed by atoms with Crippen LogP contribution in [0.4, 0.5) is 13.2 Å². The van der Waals surface area contributed by atoms with Gasteiger partial charge in [0.25, 0.3) is 0 Å². The first-order chi connectivity index (χ1) is 16.5. The second kappa shape index (κ2) is 9.39. The Morgan fingerprint density at radius 1 is 1.17 bits per heavy atom. The summed E-state index contributed by atoms with van der Waals surface area (Å²) in [5.41, 5.74) is 0.879. The van der Waals surface area contributed by atoms with Crippen molar-refractivity contribution < 1.29 is 26.4 Å². The molecule has 3 heterocycles. The number of likely N-dealkylation sites (tertiary alicyclic amines) is 1. The number of alkyl halides is 3. The second-order valence-corrected chi connectivity index (χ2v) is 10.2. The summed E-state index contributed by atoms with van der Waals surface area (Å²) in [6.45, 7) is 0.266. The molecule has 0 bridgehead atoms. The molecule has 1 atom stereocenters. The first-order valence-corrected chi connectivity index (χ1v) is 12.6. The summed E-state index contributed by atoms with van der Waals surface area (Å²) in [4.78, 5) is 14.9. The fourth-order valence-corrected chi connectivity index (χ4v) is 5.10. The molecule has 3 aromatic rings. The third kappa shape index (κ3) is 5.21. The van der Waals surface area contributed by atoms with Crippen molar-refractivity contribution in [1.82, 2.24) is 14.0 Å². The topological polar surface area (TPSA) is 114 Å². The monoisotopic (exact) mass is 507 g/mol. The van der Waals surface area contributed by atoms with Gasteiger partial charge in [-0.3, -0.25) is 4.79 Å². The summed E-state index contributed by atoms with van der Waals surface area (Å²) >= 11 is 0. The van der Waals surface area contributed by atoms with Crippen LogP contribution in [-0.4, -0.2) is 47.6 Å². The number of carbonyl (C=O) groups excluding carboxylic acids is 1. The molecular formula is C23H24F3N5O3S. The van der Waals surface area contributed by atoms with E-state index < -0.39 is 28.2 Å². The van der Waals surface area contributed by atoms with Crippen LogP contribution in [0.25, 0.3) is 10.9 Å². The second-order valence-electron chi connectivity index (χ2n) is 8.63. The Kier molecular flexibility index (Phi) is 6.66. The number of halogens is 3. The maximum absolute atomic E-state index is 13.6. The maximum Gasteiger partial charge on any atom is 0.391 e. The Morgan fingerprint density at radius 2 is 1.89 bits per heavy atom. The van der Waals surface area contributed by atoms with Crippen LogP contribution < -0.4 is 5.14 Å². The van der Waals surface area contributed by atoms with E-state index in [4.69, 9.17) is 5.14 Å². The zero-order valence-electron chi connectivity index (χ0n) is 18.6. The fraction of sp³-hybridized carbons (Fsp3) is 0.391. The molecule has 2 N–H and O–H groups in total. The average molecular weight is 508 g/mol. The number of aromatic nitrogens is 2. The van der Waals surface area contributed by atoms with Gasteiger partial charge in [-0.25, -0.2) is 13.6 Å². The first-order valence-electron chi connectivity index (χ1n) is 11.0. The zero-order valence-corrected chi connectivity index (χ0v) is 19.5. The van der Waals surface area contributed by atoms with Crippen molar-refractivity contribution in [1.29, 1.82) is 5.26 Å². The number of rotatable bonds is 6. The highest BCUT2D eigenvalue weighted by atomic mass is 32.2. The minimum atomic E-state index is -4.29. The molecule has 12 heteroatoms. The molecule has 2 aromatic heterocycles. The Morgan fingerprint density at radius 3 is 2.51 bits per heavy atom. The summed E-state index contributed by atoms with van der Waals surface area (Å²) in [6, 6.07) is 10.7. The molecule has 186 valence electrons. The van der Waals surface area contributed by atoms with Crippen LogP contribution in [-0.2, 0) is 21.4 Å². The standard InChI is InChI=1S/C23H24F3N5O3S/c24-23(25,26)17-6-10-30(11-7-17)22(32)20(8-12-29-9-1-2-18(29)15-27)31-13-5-16-3-4-19(14-21(16)31)35(28,33)34/h1-5,9,13-14,17,20H,6-8,10-12H2,(H2,28,33,34). The number of nitrogens with zero attached hydrogens (tertiary/aromatic N) is 4. The smallest absolute Gasteiger partial charge is 0.341 e. The molecule has 1 fully saturated rings. The molecule has 1 saturated heterocycles. The van der Waals surface area contributed by atoms with E-state index in [0.29, 0.717) is 23.1 Å². The Bertz CT molecular complexity index is 1380. The number of hydrogen-bond acceptors (Lipinski definition) is 4. The molecule has 1 aromatic carbocycles. The molecule has 0 spiro atoms. The number of nitrogens with two attached hydrogens (primary N) is 1. The van der Waals surface area contributed by atoms with Gasteiger partial charge in [0.1, 0.15) is 17.8 Å². The zero-order chi connectivity index (χ0) is 25.4. The van der Waals surface area contributed by atoms with E-state index in [9.17, 15) is 31.6 Å². The van der Waals surface area contributed by atoms with Gasteiger partial charge in [-0.05, 0) is 55.0 Å². The third-order valence-corrected chi connectivity index (χ3v) is 7.41. The Hall–Kier alpha value is -3.30. The molecule has 0 saturated carbocycles. The summed E-state index contributed by atoms with van der Waals surface area (Å²) in [5.74, 6) is -1.79. The normalized spacial score (nSPS) is 16.4. The van der Waals surface area contributed by atoms with Crippen molar-refractivity contribution in [3.63, 3.8) is 0 Å². The molecule has 1 unspecified atom stereocenters. The number of benzene rings is 1. The van der Waals surface area contributed by atoms with Gasteiger partial charge in [-0.2, -0.15) is 18.4 Å². The number of piperidine rings is 1. The molecule has 1 amide bonds. The number of amides is 1. The highest BCUT2D eigenvalue weighted by Gasteiger charge is 2.42. The number of primary sulfonamides is 1. The average Bonchev–Trinajstić information content (AvgIpc) is 3.44. The van der Waals surface area contributed by atoms with Crippen LogP contribution in [0.15, 0.2) is 53.7 Å². The molecule has 35 heavy (non-hydrogen) atoms. The van der Waals surface area contributed by atoms with E-state index in [-0.39, 0.29) is 43.2 Å². The predicted molar refractivity (Wildman–Crippen MR) is 121 cm³/mol. The van der Waals surface area contributed by atoms with Crippen molar-refractivity contribution >= 4 is 26.8 Å². The van der Waals surface area contributed by atoms with Crippen LogP contribution in [0, 0.1) is 17.2 Å². The van der Waals surface area contributed by atoms with Crippen LogP contribution in [0.5, 0.6) is 0 Å². The van der Waals surface area contributed by atoms with Crippen molar-refractivity contribution in [3.8, 4) is 6.07 Å². The quantitative estimate of drug-likeness (QED) is 0.551. The SMILES string of the molecule is N#Cc1cccn1CCC(C(=O)N1CCC(C(F)(F)F)CC1)n1ccc2ccc(S(N)(=O)=O)cc21. The van der Waals surface area contributed by atoms with Crippen LogP contribution in [0.2, 0.25) is 0 Å². The molecule has 1 aliphatic rings. The van der Waals surface area contributed by atoms with Crippen LogP contribution in [0.3, 0.4) is 0 Å². The lowest BCUT2D eigenvalue weighted by atomic mass is 9.95. The van der Waals surface area contributed by atoms with Gasteiger partial charge in [0.05, 0.1) is 16.3 Å². The highest BCUT2D eigenvalue weighted by Crippen LogP contribution is 2.35. The lowest BCUT2D eigenvalue weighted by molar-refractivity contribution is -0.186. The van der Waals surface area contributed by atoms with Crippen molar-refractivity contribution in [2.24, 2.45) is 11.1 Å². The van der Waals surface area contributed by atoms with E-state index in [1.807, 2.05) is 0 Å². The van der Waals surface area contributed by atoms with Crippen molar-refractivity contribution in [2.45, 2.75) is 42.9 Å². The minimum absolute atomic E-state index is 0.0197. The number of nitriles is 1. The molecule has 0 radical (unpaired) electrons. The van der Waals surface area contributed by atoms with Gasteiger partial charge in [-0.15, -0.1) is 0 Å². The Labute approximate surface area is 200 Å². The fourth-order valence-electron chi connectivity index (χ4n) is 4.57. The number of aryl methyl sites for hydroxylation is 1.